The van der Waals surface area contributed by atoms with Gasteiger partial charge in [0.1, 0.15) is 5.82 Å². The molecule has 100 valence electrons. The molecular formula is C13H17ClFNO2. The zero-order chi connectivity index (χ0) is 12.3. The number of hydrogen-bond donors (Lipinski definition) is 1. The summed E-state index contributed by atoms with van der Waals surface area (Å²) in [6.45, 7) is 1.83. The standard InChI is InChI=1S/C13H16FNO2.ClH/c14-12-1-2-13(11(7-12)9-17)15-5-3-10(8-16)4-6-15;/h1-2,7,9-10,16H,3-6,8H2;1H. The molecule has 1 aliphatic rings. The van der Waals surface area contributed by atoms with E-state index >= 15 is 0 Å². The average molecular weight is 274 g/mol. The Hall–Kier alpha value is -1.13. The van der Waals surface area contributed by atoms with Gasteiger partial charge in [0.2, 0.25) is 0 Å². The lowest BCUT2D eigenvalue weighted by Crippen LogP contribution is -2.35. The van der Waals surface area contributed by atoms with Crippen LogP contribution < -0.4 is 4.90 Å². The normalized spacial score (nSPS) is 16.2. The Morgan fingerprint density at radius 3 is 2.61 bits per heavy atom. The topological polar surface area (TPSA) is 40.5 Å². The monoisotopic (exact) mass is 273 g/mol. The van der Waals surface area contributed by atoms with E-state index in [2.05, 4.69) is 4.90 Å². The van der Waals surface area contributed by atoms with Crippen LogP contribution in [0.25, 0.3) is 0 Å². The highest BCUT2D eigenvalue weighted by atomic mass is 35.5. The van der Waals surface area contributed by atoms with Gasteiger partial charge in [-0.05, 0) is 37.0 Å². The highest BCUT2D eigenvalue weighted by Crippen LogP contribution is 2.26. The van der Waals surface area contributed by atoms with Crippen LogP contribution in [0.5, 0.6) is 0 Å². The number of carbonyl (C=O) groups excluding carboxylic acids is 1. The molecule has 18 heavy (non-hydrogen) atoms. The lowest BCUT2D eigenvalue weighted by molar-refractivity contribution is 0.112. The Balaban J connectivity index is 0.00000162. The molecule has 0 amide bonds. The number of halogens is 2. The second-order valence-corrected chi connectivity index (χ2v) is 4.43. The van der Waals surface area contributed by atoms with Gasteiger partial charge in [0, 0.05) is 30.9 Å². The first-order valence-corrected chi connectivity index (χ1v) is 5.85. The van der Waals surface area contributed by atoms with Crippen molar-refractivity contribution in [3.05, 3.63) is 29.6 Å². The van der Waals surface area contributed by atoms with Gasteiger partial charge in [0.15, 0.2) is 6.29 Å². The second kappa shape index (κ2) is 6.71. The molecule has 3 nitrogen and oxygen atoms in total. The van der Waals surface area contributed by atoms with Crippen LogP contribution in [0.1, 0.15) is 23.2 Å². The van der Waals surface area contributed by atoms with Gasteiger partial charge in [-0.25, -0.2) is 4.39 Å². The summed E-state index contributed by atoms with van der Waals surface area (Å²) in [6, 6.07) is 4.29. The van der Waals surface area contributed by atoms with Crippen molar-refractivity contribution in [1.29, 1.82) is 0 Å². The van der Waals surface area contributed by atoms with Crippen LogP contribution in [-0.4, -0.2) is 31.1 Å². The summed E-state index contributed by atoms with van der Waals surface area (Å²) < 4.78 is 13.0. The van der Waals surface area contributed by atoms with Crippen molar-refractivity contribution in [3.8, 4) is 0 Å². The number of rotatable bonds is 3. The molecule has 1 saturated heterocycles. The molecule has 0 aromatic heterocycles. The van der Waals surface area contributed by atoms with Gasteiger partial charge in [-0.2, -0.15) is 0 Å². The zero-order valence-corrected chi connectivity index (χ0v) is 10.8. The van der Waals surface area contributed by atoms with E-state index < -0.39 is 0 Å². The molecule has 0 unspecified atom stereocenters. The van der Waals surface area contributed by atoms with Gasteiger partial charge < -0.3 is 10.0 Å². The highest BCUT2D eigenvalue weighted by Gasteiger charge is 2.20. The molecule has 1 N–H and O–H groups in total. The SMILES string of the molecule is Cl.O=Cc1cc(F)ccc1N1CCC(CO)CC1. The van der Waals surface area contributed by atoms with Crippen LogP contribution in [0.4, 0.5) is 10.1 Å². The fourth-order valence-electron chi connectivity index (χ4n) is 2.26. The third-order valence-electron chi connectivity index (χ3n) is 3.33. The summed E-state index contributed by atoms with van der Waals surface area (Å²) in [6.07, 6.45) is 2.51. The molecule has 0 saturated carbocycles. The van der Waals surface area contributed by atoms with Gasteiger partial charge in [-0.1, -0.05) is 0 Å². The third kappa shape index (κ3) is 3.21. The number of carbonyl (C=O) groups is 1. The number of aliphatic hydroxyl groups is 1. The van der Waals surface area contributed by atoms with Crippen LogP contribution in [0.2, 0.25) is 0 Å². The molecule has 1 aromatic rings. The van der Waals surface area contributed by atoms with Gasteiger partial charge in [0.05, 0.1) is 0 Å². The first-order valence-electron chi connectivity index (χ1n) is 5.85. The van der Waals surface area contributed by atoms with E-state index in [1.807, 2.05) is 0 Å². The average Bonchev–Trinajstić information content (AvgIpc) is 2.39. The van der Waals surface area contributed by atoms with E-state index in [4.69, 9.17) is 5.11 Å². The van der Waals surface area contributed by atoms with Crippen LogP contribution in [0.3, 0.4) is 0 Å². The van der Waals surface area contributed by atoms with Gasteiger partial charge in [0.25, 0.3) is 0 Å². The largest absolute Gasteiger partial charge is 0.396 e. The van der Waals surface area contributed by atoms with E-state index in [-0.39, 0.29) is 24.8 Å². The molecule has 1 fully saturated rings. The minimum Gasteiger partial charge on any atom is -0.396 e. The van der Waals surface area contributed by atoms with Crippen molar-refractivity contribution >= 4 is 24.4 Å². The van der Waals surface area contributed by atoms with Crippen molar-refractivity contribution in [2.45, 2.75) is 12.8 Å². The molecule has 0 atom stereocenters. The summed E-state index contributed by atoms with van der Waals surface area (Å²) in [5.74, 6) is -0.0347. The van der Waals surface area contributed by atoms with Crippen molar-refractivity contribution in [3.63, 3.8) is 0 Å². The molecule has 1 aromatic carbocycles. The summed E-state index contributed by atoms with van der Waals surface area (Å²) in [5, 5.41) is 9.06. The van der Waals surface area contributed by atoms with E-state index in [0.29, 0.717) is 17.8 Å². The quantitative estimate of drug-likeness (QED) is 0.859. The molecule has 1 aliphatic heterocycles. The highest BCUT2D eigenvalue weighted by molar-refractivity contribution is 5.85. The molecule has 5 heteroatoms. The van der Waals surface area contributed by atoms with Crippen molar-refractivity contribution in [1.82, 2.24) is 0 Å². The Kier molecular flexibility index (Phi) is 5.56. The Bertz CT molecular complexity index is 406. The summed E-state index contributed by atoms with van der Waals surface area (Å²) in [4.78, 5) is 13.0. The van der Waals surface area contributed by atoms with Crippen LogP contribution in [0, 0.1) is 11.7 Å². The number of aldehydes is 1. The third-order valence-corrected chi connectivity index (χ3v) is 3.33. The van der Waals surface area contributed by atoms with Crippen molar-refractivity contribution in [2.24, 2.45) is 5.92 Å². The molecule has 0 spiro atoms. The summed E-state index contributed by atoms with van der Waals surface area (Å²) in [5.41, 5.74) is 1.19. The number of piperidine rings is 1. The molecule has 0 radical (unpaired) electrons. The molecule has 0 aliphatic carbocycles. The Morgan fingerprint density at radius 1 is 1.39 bits per heavy atom. The minimum absolute atomic E-state index is 0. The number of aliphatic hydroxyl groups excluding tert-OH is 1. The summed E-state index contributed by atoms with van der Waals surface area (Å²) >= 11 is 0. The van der Waals surface area contributed by atoms with Crippen molar-refractivity contribution < 1.29 is 14.3 Å². The Labute approximate surface area is 112 Å². The Morgan fingerprint density at radius 2 is 2.06 bits per heavy atom. The van der Waals surface area contributed by atoms with E-state index in [1.165, 1.54) is 12.1 Å². The van der Waals surface area contributed by atoms with Crippen molar-refractivity contribution in [2.75, 3.05) is 24.6 Å². The molecular weight excluding hydrogens is 257 g/mol. The van der Waals surface area contributed by atoms with E-state index in [0.717, 1.165) is 31.6 Å². The molecule has 2 rings (SSSR count). The first kappa shape index (κ1) is 14.9. The number of nitrogens with zero attached hydrogens (tertiary/aromatic N) is 1. The second-order valence-electron chi connectivity index (χ2n) is 4.43. The minimum atomic E-state index is -0.388. The van der Waals surface area contributed by atoms with E-state index in [1.54, 1.807) is 6.07 Å². The first-order chi connectivity index (χ1) is 8.24. The predicted octanol–water partition coefficient (Wildman–Crippen LogP) is 2.27. The maximum Gasteiger partial charge on any atom is 0.152 e. The molecule has 1 heterocycles. The number of benzene rings is 1. The summed E-state index contributed by atoms with van der Waals surface area (Å²) in [7, 11) is 0. The van der Waals surface area contributed by atoms with Gasteiger partial charge >= 0.3 is 0 Å². The van der Waals surface area contributed by atoms with Gasteiger partial charge in [-0.15, -0.1) is 12.4 Å². The van der Waals surface area contributed by atoms with Crippen LogP contribution in [0.15, 0.2) is 18.2 Å². The lowest BCUT2D eigenvalue weighted by atomic mass is 9.97. The molecule has 0 bridgehead atoms. The van der Waals surface area contributed by atoms with Gasteiger partial charge in [-0.3, -0.25) is 4.79 Å². The van der Waals surface area contributed by atoms with Crippen LogP contribution >= 0.6 is 12.4 Å². The number of anilines is 1. The fourth-order valence-corrected chi connectivity index (χ4v) is 2.26. The zero-order valence-electron chi connectivity index (χ0n) is 10.0. The lowest BCUT2D eigenvalue weighted by Gasteiger charge is -2.33. The fraction of sp³-hybridized carbons (Fsp3) is 0.462. The maximum absolute atomic E-state index is 13.0. The maximum atomic E-state index is 13.0. The smallest absolute Gasteiger partial charge is 0.152 e. The predicted molar refractivity (Wildman–Crippen MR) is 71.1 cm³/mol. The van der Waals surface area contributed by atoms with Crippen LogP contribution in [-0.2, 0) is 0 Å². The van der Waals surface area contributed by atoms with E-state index in [9.17, 15) is 9.18 Å². The number of hydrogen-bond acceptors (Lipinski definition) is 3.